The molecule has 0 amide bonds. The molecule has 0 aromatic heterocycles. The Morgan fingerprint density at radius 2 is 2.00 bits per heavy atom. The summed E-state index contributed by atoms with van der Waals surface area (Å²) in [6.07, 6.45) is 1.18. The van der Waals surface area contributed by atoms with Crippen molar-refractivity contribution in [3.63, 3.8) is 0 Å². The highest BCUT2D eigenvalue weighted by Crippen LogP contribution is 2.43. The standard InChI is InChI=1S/C11H13S/c1-11(2)7-8-12-10-6-4-3-5-9(10)11/h3-6,8H,7H2,1-2H3. The Morgan fingerprint density at radius 1 is 1.25 bits per heavy atom. The van der Waals surface area contributed by atoms with Crippen LogP contribution in [0.15, 0.2) is 29.2 Å². The van der Waals surface area contributed by atoms with Gasteiger partial charge in [-0.1, -0.05) is 32.0 Å². The van der Waals surface area contributed by atoms with Gasteiger partial charge in [0.15, 0.2) is 0 Å². The molecular weight excluding hydrogens is 164 g/mol. The number of hydrogen-bond donors (Lipinski definition) is 0. The summed E-state index contributed by atoms with van der Waals surface area (Å²) in [4.78, 5) is 1.42. The first-order valence-electron chi connectivity index (χ1n) is 4.28. The fourth-order valence-corrected chi connectivity index (χ4v) is 2.89. The van der Waals surface area contributed by atoms with E-state index in [9.17, 15) is 0 Å². The molecule has 0 saturated heterocycles. The summed E-state index contributed by atoms with van der Waals surface area (Å²) < 4.78 is 0. The van der Waals surface area contributed by atoms with Crippen molar-refractivity contribution in [2.45, 2.75) is 30.6 Å². The lowest BCUT2D eigenvalue weighted by Gasteiger charge is -2.31. The maximum absolute atomic E-state index is 2.31. The third-order valence-electron chi connectivity index (χ3n) is 2.42. The van der Waals surface area contributed by atoms with Gasteiger partial charge in [-0.05, 0) is 23.5 Å². The summed E-state index contributed by atoms with van der Waals surface area (Å²) >= 11 is 1.87. The first-order valence-corrected chi connectivity index (χ1v) is 5.16. The first kappa shape index (κ1) is 8.18. The van der Waals surface area contributed by atoms with Gasteiger partial charge in [-0.3, -0.25) is 0 Å². The molecule has 1 heterocycles. The first-order chi connectivity index (χ1) is 5.70. The average molecular weight is 177 g/mol. The number of benzene rings is 1. The van der Waals surface area contributed by atoms with Gasteiger partial charge in [0.25, 0.3) is 0 Å². The minimum Gasteiger partial charge on any atom is -0.121 e. The van der Waals surface area contributed by atoms with Gasteiger partial charge >= 0.3 is 0 Å². The Morgan fingerprint density at radius 3 is 2.75 bits per heavy atom. The lowest BCUT2D eigenvalue weighted by atomic mass is 9.82. The average Bonchev–Trinajstić information content (AvgIpc) is 2.04. The van der Waals surface area contributed by atoms with Gasteiger partial charge < -0.3 is 0 Å². The largest absolute Gasteiger partial charge is 0.121 e. The summed E-state index contributed by atoms with van der Waals surface area (Å²) in [5, 5.41) is 0. The minimum absolute atomic E-state index is 0.335. The van der Waals surface area contributed by atoms with Crippen molar-refractivity contribution in [3.05, 3.63) is 35.6 Å². The molecule has 0 aliphatic carbocycles. The van der Waals surface area contributed by atoms with Crippen LogP contribution in [-0.4, -0.2) is 0 Å². The maximum Gasteiger partial charge on any atom is 0.0226 e. The van der Waals surface area contributed by atoms with Gasteiger partial charge in [0.05, 0.1) is 0 Å². The summed E-state index contributed by atoms with van der Waals surface area (Å²) in [5.41, 5.74) is 1.83. The smallest absolute Gasteiger partial charge is 0.0226 e. The van der Waals surface area contributed by atoms with Gasteiger partial charge in [-0.25, -0.2) is 0 Å². The molecule has 1 heteroatoms. The molecule has 0 fully saturated rings. The fourth-order valence-electron chi connectivity index (χ4n) is 1.58. The lowest BCUT2D eigenvalue weighted by molar-refractivity contribution is 0.512. The molecule has 1 aliphatic heterocycles. The second-order valence-electron chi connectivity index (χ2n) is 3.87. The number of thioether (sulfide) groups is 1. The van der Waals surface area contributed by atoms with E-state index in [1.54, 1.807) is 0 Å². The Hall–Kier alpha value is -0.430. The van der Waals surface area contributed by atoms with E-state index >= 15 is 0 Å². The van der Waals surface area contributed by atoms with Crippen molar-refractivity contribution >= 4 is 11.8 Å². The van der Waals surface area contributed by atoms with Crippen molar-refractivity contribution in [1.29, 1.82) is 0 Å². The van der Waals surface area contributed by atoms with Gasteiger partial charge in [0, 0.05) is 10.6 Å². The minimum atomic E-state index is 0.335. The van der Waals surface area contributed by atoms with Crippen molar-refractivity contribution in [1.82, 2.24) is 0 Å². The molecule has 0 bridgehead atoms. The Labute approximate surface area is 78.4 Å². The van der Waals surface area contributed by atoms with Crippen LogP contribution in [0.4, 0.5) is 0 Å². The Kier molecular flexibility index (Phi) is 1.91. The summed E-state index contributed by atoms with van der Waals surface area (Å²) in [7, 11) is 0. The van der Waals surface area contributed by atoms with E-state index in [2.05, 4.69) is 43.9 Å². The summed E-state index contributed by atoms with van der Waals surface area (Å²) in [5.74, 6) is 2.31. The zero-order chi connectivity index (χ0) is 8.60. The molecule has 63 valence electrons. The highest BCUT2D eigenvalue weighted by molar-refractivity contribution is 8.01. The molecule has 1 radical (unpaired) electrons. The summed E-state index contributed by atoms with van der Waals surface area (Å²) in [6, 6.07) is 8.69. The Bertz CT molecular complexity index is 289. The quantitative estimate of drug-likeness (QED) is 0.583. The van der Waals surface area contributed by atoms with Crippen LogP contribution in [0.5, 0.6) is 0 Å². The number of rotatable bonds is 0. The summed E-state index contributed by atoms with van der Waals surface area (Å²) in [6.45, 7) is 4.62. The molecule has 1 aromatic rings. The molecule has 0 unspecified atom stereocenters. The van der Waals surface area contributed by atoms with Crippen LogP contribution in [0.2, 0.25) is 0 Å². The van der Waals surface area contributed by atoms with Gasteiger partial charge in [0.1, 0.15) is 0 Å². The van der Waals surface area contributed by atoms with Crippen LogP contribution in [0.25, 0.3) is 0 Å². The molecule has 0 spiro atoms. The molecule has 1 aromatic carbocycles. The van der Waals surface area contributed by atoms with Crippen LogP contribution in [0, 0.1) is 5.75 Å². The van der Waals surface area contributed by atoms with Crippen LogP contribution < -0.4 is 0 Å². The van der Waals surface area contributed by atoms with E-state index in [0.29, 0.717) is 5.41 Å². The Balaban J connectivity index is 2.52. The van der Waals surface area contributed by atoms with Crippen LogP contribution in [0.1, 0.15) is 25.8 Å². The predicted octanol–water partition coefficient (Wildman–Crippen LogP) is 3.62. The monoisotopic (exact) mass is 177 g/mol. The molecular formula is C11H13S. The molecule has 0 atom stereocenters. The van der Waals surface area contributed by atoms with E-state index in [0.717, 1.165) is 0 Å². The maximum atomic E-state index is 2.31. The van der Waals surface area contributed by atoms with Crippen LogP contribution in [0.3, 0.4) is 0 Å². The van der Waals surface area contributed by atoms with E-state index in [-0.39, 0.29) is 0 Å². The fraction of sp³-hybridized carbons (Fsp3) is 0.364. The molecule has 2 rings (SSSR count). The SMILES string of the molecule is CC1(C)C[CH]Sc2ccccc21. The van der Waals surface area contributed by atoms with E-state index in [1.807, 2.05) is 11.8 Å². The topological polar surface area (TPSA) is 0 Å². The van der Waals surface area contributed by atoms with Gasteiger partial charge in [0.2, 0.25) is 0 Å². The molecule has 0 saturated carbocycles. The molecule has 0 N–H and O–H groups in total. The third kappa shape index (κ3) is 1.27. The van der Waals surface area contributed by atoms with Gasteiger partial charge in [-0.15, -0.1) is 11.8 Å². The normalized spacial score (nSPS) is 20.2. The predicted molar refractivity (Wildman–Crippen MR) is 54.2 cm³/mol. The molecule has 0 nitrogen and oxygen atoms in total. The van der Waals surface area contributed by atoms with E-state index in [4.69, 9.17) is 0 Å². The third-order valence-corrected chi connectivity index (χ3v) is 3.36. The van der Waals surface area contributed by atoms with Crippen LogP contribution in [-0.2, 0) is 5.41 Å². The van der Waals surface area contributed by atoms with Crippen molar-refractivity contribution in [2.75, 3.05) is 0 Å². The lowest BCUT2D eigenvalue weighted by Crippen LogP contribution is -2.20. The number of hydrogen-bond acceptors (Lipinski definition) is 1. The molecule has 1 aliphatic rings. The second kappa shape index (κ2) is 2.81. The molecule has 12 heavy (non-hydrogen) atoms. The van der Waals surface area contributed by atoms with E-state index in [1.165, 1.54) is 16.9 Å². The van der Waals surface area contributed by atoms with Crippen molar-refractivity contribution < 1.29 is 0 Å². The second-order valence-corrected chi connectivity index (χ2v) is 4.88. The highest BCUT2D eigenvalue weighted by atomic mass is 32.2. The zero-order valence-electron chi connectivity index (χ0n) is 7.50. The zero-order valence-corrected chi connectivity index (χ0v) is 8.32. The number of fused-ring (bicyclic) bond motifs is 1. The van der Waals surface area contributed by atoms with Crippen LogP contribution >= 0.6 is 11.8 Å². The van der Waals surface area contributed by atoms with E-state index < -0.39 is 0 Å². The van der Waals surface area contributed by atoms with Crippen molar-refractivity contribution in [3.8, 4) is 0 Å². The van der Waals surface area contributed by atoms with Gasteiger partial charge in [-0.2, -0.15) is 0 Å². The van der Waals surface area contributed by atoms with Crippen molar-refractivity contribution in [2.24, 2.45) is 0 Å². The highest BCUT2D eigenvalue weighted by Gasteiger charge is 2.26.